The van der Waals surface area contributed by atoms with Crippen molar-refractivity contribution in [3.8, 4) is 0 Å². The zero-order valence-corrected chi connectivity index (χ0v) is 13.2. The van der Waals surface area contributed by atoms with Crippen LogP contribution in [-0.2, 0) is 10.0 Å². The molecule has 0 radical (unpaired) electrons. The molecule has 8 heteroatoms. The molecule has 0 heterocycles. The molecule has 1 aromatic carbocycles. The third-order valence-electron chi connectivity index (χ3n) is 3.84. The molecule has 3 N–H and O–H groups in total. The van der Waals surface area contributed by atoms with Gasteiger partial charge in [-0.3, -0.25) is 10.1 Å². The van der Waals surface area contributed by atoms with Gasteiger partial charge in [0.2, 0.25) is 10.0 Å². The average molecular weight is 315 g/mol. The van der Waals surface area contributed by atoms with Crippen molar-refractivity contribution in [3.63, 3.8) is 0 Å². The molecule has 118 valence electrons. The highest BCUT2D eigenvalue weighted by Gasteiger charge is 2.32. The Morgan fingerprint density at radius 2 is 1.90 bits per heavy atom. The van der Waals surface area contributed by atoms with Gasteiger partial charge in [0.05, 0.1) is 9.82 Å². The molecule has 0 atom stereocenters. The summed E-state index contributed by atoms with van der Waals surface area (Å²) in [4.78, 5) is 10.2. The third kappa shape index (κ3) is 3.58. The number of hydrogen-bond donors (Lipinski definition) is 2. The third-order valence-corrected chi connectivity index (χ3v) is 5.56. The highest BCUT2D eigenvalue weighted by atomic mass is 32.2. The van der Waals surface area contributed by atoms with Gasteiger partial charge in [0, 0.05) is 23.7 Å². The lowest BCUT2D eigenvalue weighted by Gasteiger charge is -2.31. The second-order valence-electron chi connectivity index (χ2n) is 4.95. The van der Waals surface area contributed by atoms with E-state index >= 15 is 0 Å². The van der Waals surface area contributed by atoms with E-state index in [1.807, 2.05) is 13.8 Å². The summed E-state index contributed by atoms with van der Waals surface area (Å²) in [5.41, 5.74) is 4.86. The molecule has 0 fully saturated rings. The summed E-state index contributed by atoms with van der Waals surface area (Å²) in [6.07, 6.45) is 1.07. The predicted octanol–water partition coefficient (Wildman–Crippen LogP) is 1.70. The molecule has 7 nitrogen and oxygen atoms in total. The first-order valence-corrected chi connectivity index (χ1v) is 8.19. The van der Waals surface area contributed by atoms with E-state index in [1.54, 1.807) is 0 Å². The van der Waals surface area contributed by atoms with Crippen molar-refractivity contribution in [2.24, 2.45) is 5.73 Å². The summed E-state index contributed by atoms with van der Waals surface area (Å²) < 4.78 is 27.7. The number of benzene rings is 1. The Bertz CT molecular complexity index is 616. The van der Waals surface area contributed by atoms with Crippen LogP contribution in [0.1, 0.15) is 32.3 Å². The van der Waals surface area contributed by atoms with Gasteiger partial charge in [-0.05, 0) is 25.8 Å². The van der Waals surface area contributed by atoms with Crippen LogP contribution in [0.25, 0.3) is 0 Å². The molecule has 0 spiro atoms. The van der Waals surface area contributed by atoms with Gasteiger partial charge < -0.3 is 5.73 Å². The van der Waals surface area contributed by atoms with Gasteiger partial charge in [0.15, 0.2) is 0 Å². The molecular formula is C13H21N3O4S. The van der Waals surface area contributed by atoms with Crippen molar-refractivity contribution in [3.05, 3.63) is 33.9 Å². The molecule has 0 aliphatic rings. The van der Waals surface area contributed by atoms with Crippen LogP contribution in [0.15, 0.2) is 23.1 Å². The lowest BCUT2D eigenvalue weighted by molar-refractivity contribution is -0.385. The van der Waals surface area contributed by atoms with E-state index in [4.69, 9.17) is 5.73 Å². The standard InChI is InChI=1S/C13H21N3O4S/c1-4-13(5-2,9-14)15-21(19,20)12-8-6-7-11(10(12)3)16(17)18/h6-8,15H,4-5,9,14H2,1-3H3. The number of nitro benzene ring substituents is 1. The highest BCUT2D eigenvalue weighted by molar-refractivity contribution is 7.89. The second-order valence-corrected chi connectivity index (χ2v) is 6.61. The van der Waals surface area contributed by atoms with Crippen molar-refractivity contribution in [1.29, 1.82) is 0 Å². The van der Waals surface area contributed by atoms with E-state index in [0.29, 0.717) is 12.8 Å². The summed E-state index contributed by atoms with van der Waals surface area (Å²) in [5, 5.41) is 10.9. The van der Waals surface area contributed by atoms with Gasteiger partial charge in [0.25, 0.3) is 5.69 Å². The monoisotopic (exact) mass is 315 g/mol. The van der Waals surface area contributed by atoms with Gasteiger partial charge in [-0.2, -0.15) is 0 Å². The van der Waals surface area contributed by atoms with E-state index in [2.05, 4.69) is 4.72 Å². The van der Waals surface area contributed by atoms with E-state index in [-0.39, 0.29) is 22.7 Å². The van der Waals surface area contributed by atoms with E-state index < -0.39 is 20.5 Å². The molecule has 0 saturated carbocycles. The number of nitrogens with zero attached hydrogens (tertiary/aromatic N) is 1. The van der Waals surface area contributed by atoms with Gasteiger partial charge in [-0.15, -0.1) is 0 Å². The van der Waals surface area contributed by atoms with Crippen molar-refractivity contribution < 1.29 is 13.3 Å². The minimum absolute atomic E-state index is 0.0866. The van der Waals surface area contributed by atoms with Crippen LogP contribution in [-0.4, -0.2) is 25.4 Å². The number of hydrogen-bond acceptors (Lipinski definition) is 5. The number of rotatable bonds is 7. The first kappa shape index (κ1) is 17.5. The first-order valence-electron chi connectivity index (χ1n) is 6.71. The fourth-order valence-corrected chi connectivity index (χ4v) is 3.97. The fraction of sp³-hybridized carbons (Fsp3) is 0.538. The molecule has 0 aliphatic heterocycles. The van der Waals surface area contributed by atoms with Crippen LogP contribution < -0.4 is 10.5 Å². The molecule has 1 rings (SSSR count). The van der Waals surface area contributed by atoms with Crippen molar-refractivity contribution in [1.82, 2.24) is 4.72 Å². The largest absolute Gasteiger partial charge is 0.329 e. The minimum Gasteiger partial charge on any atom is -0.329 e. The average Bonchev–Trinajstić information content (AvgIpc) is 2.44. The van der Waals surface area contributed by atoms with E-state index in [1.165, 1.54) is 25.1 Å². The van der Waals surface area contributed by atoms with E-state index in [9.17, 15) is 18.5 Å². The summed E-state index contributed by atoms with van der Waals surface area (Å²) in [7, 11) is -3.88. The molecule has 0 aliphatic carbocycles. The first-order chi connectivity index (χ1) is 9.73. The Kier molecular flexibility index (Phi) is 5.43. The molecule has 0 aromatic heterocycles. The molecule has 0 amide bonds. The maximum atomic E-state index is 12.5. The zero-order chi connectivity index (χ0) is 16.3. The van der Waals surface area contributed by atoms with Crippen LogP contribution >= 0.6 is 0 Å². The van der Waals surface area contributed by atoms with Crippen molar-refractivity contribution in [2.75, 3.05) is 6.54 Å². The highest BCUT2D eigenvalue weighted by Crippen LogP contribution is 2.26. The summed E-state index contributed by atoms with van der Waals surface area (Å²) in [6.45, 7) is 5.28. The molecule has 1 aromatic rings. The topological polar surface area (TPSA) is 115 Å². The second kappa shape index (κ2) is 6.50. The van der Waals surface area contributed by atoms with Gasteiger partial charge in [-0.1, -0.05) is 19.9 Å². The Labute approximate surface area is 124 Å². The molecule has 0 unspecified atom stereocenters. The number of nitrogens with one attached hydrogen (secondary N) is 1. The van der Waals surface area contributed by atoms with Crippen LogP contribution in [0.3, 0.4) is 0 Å². The Morgan fingerprint density at radius 3 is 2.33 bits per heavy atom. The van der Waals surface area contributed by atoms with Gasteiger partial charge >= 0.3 is 0 Å². The van der Waals surface area contributed by atoms with Crippen molar-refractivity contribution in [2.45, 2.75) is 44.0 Å². The van der Waals surface area contributed by atoms with Crippen LogP contribution in [0, 0.1) is 17.0 Å². The summed E-state index contributed by atoms with van der Waals surface area (Å²) >= 11 is 0. The Morgan fingerprint density at radius 1 is 1.33 bits per heavy atom. The SMILES string of the molecule is CCC(CC)(CN)NS(=O)(=O)c1cccc([N+](=O)[O-])c1C. The lowest BCUT2D eigenvalue weighted by atomic mass is 9.95. The summed E-state index contributed by atoms with van der Waals surface area (Å²) in [6, 6.07) is 4.00. The Balaban J connectivity index is 3.33. The lowest BCUT2D eigenvalue weighted by Crippen LogP contribution is -2.52. The zero-order valence-electron chi connectivity index (χ0n) is 12.4. The number of nitrogens with two attached hydrogens (primary N) is 1. The number of nitro groups is 1. The van der Waals surface area contributed by atoms with Gasteiger partial charge in [0.1, 0.15) is 0 Å². The smallest absolute Gasteiger partial charge is 0.273 e. The molecule has 0 bridgehead atoms. The maximum Gasteiger partial charge on any atom is 0.273 e. The number of sulfonamides is 1. The maximum absolute atomic E-state index is 12.5. The Hall–Kier alpha value is -1.51. The quantitative estimate of drug-likeness (QED) is 0.587. The molecular weight excluding hydrogens is 294 g/mol. The predicted molar refractivity (Wildman–Crippen MR) is 80.5 cm³/mol. The van der Waals surface area contributed by atoms with Crippen LogP contribution in [0.5, 0.6) is 0 Å². The van der Waals surface area contributed by atoms with Crippen molar-refractivity contribution >= 4 is 15.7 Å². The minimum atomic E-state index is -3.88. The fourth-order valence-electron chi connectivity index (χ4n) is 2.16. The van der Waals surface area contributed by atoms with E-state index in [0.717, 1.165) is 0 Å². The van der Waals surface area contributed by atoms with Crippen LogP contribution in [0.4, 0.5) is 5.69 Å². The molecule has 21 heavy (non-hydrogen) atoms. The molecule has 0 saturated heterocycles. The van der Waals surface area contributed by atoms with Gasteiger partial charge in [-0.25, -0.2) is 13.1 Å². The van der Waals surface area contributed by atoms with Crippen LogP contribution in [0.2, 0.25) is 0 Å². The summed E-state index contributed by atoms with van der Waals surface area (Å²) in [5.74, 6) is 0. The normalized spacial score (nSPS) is 12.4.